The van der Waals surface area contributed by atoms with Crippen molar-refractivity contribution in [3.8, 4) is 5.82 Å². The minimum atomic E-state index is -0.218. The molecule has 1 atom stereocenters. The van der Waals surface area contributed by atoms with E-state index in [-0.39, 0.29) is 18.7 Å². The number of aliphatic hydroxyl groups is 1. The van der Waals surface area contributed by atoms with Gasteiger partial charge in [0.2, 0.25) is 0 Å². The van der Waals surface area contributed by atoms with Gasteiger partial charge in [0.05, 0.1) is 0 Å². The van der Waals surface area contributed by atoms with Crippen molar-refractivity contribution in [2.75, 3.05) is 6.61 Å². The first-order valence-corrected chi connectivity index (χ1v) is 7.70. The fraction of sp³-hybridized carbons (Fsp3) is 0.438. The standard InChI is InChI=1S/C16H23N5O2/c1-12(4-3-9-22)20-16(23)19-11-14-5-6-15(18-10-14)21-8-7-17-13(21)2/h5-8,10,12,22H,3-4,9,11H2,1-2H3,(H2,19,20,23). The number of aryl methyl sites for hydroxylation is 1. The number of carbonyl (C=O) groups excluding carboxylic acids is 1. The van der Waals surface area contributed by atoms with E-state index in [9.17, 15) is 4.79 Å². The molecule has 0 aromatic carbocycles. The van der Waals surface area contributed by atoms with Gasteiger partial charge < -0.3 is 15.7 Å². The molecular weight excluding hydrogens is 294 g/mol. The first kappa shape index (κ1) is 17.0. The zero-order valence-corrected chi connectivity index (χ0v) is 13.5. The number of rotatable bonds is 7. The SMILES string of the molecule is Cc1nccn1-c1ccc(CNC(=O)NC(C)CCCO)cn1. The molecule has 0 aliphatic carbocycles. The largest absolute Gasteiger partial charge is 0.396 e. The van der Waals surface area contributed by atoms with Gasteiger partial charge in [-0.25, -0.2) is 14.8 Å². The zero-order chi connectivity index (χ0) is 16.7. The Morgan fingerprint density at radius 1 is 1.39 bits per heavy atom. The quantitative estimate of drug-likeness (QED) is 0.722. The molecule has 124 valence electrons. The van der Waals surface area contributed by atoms with E-state index in [1.165, 1.54) is 0 Å². The Morgan fingerprint density at radius 3 is 2.83 bits per heavy atom. The summed E-state index contributed by atoms with van der Waals surface area (Å²) in [7, 11) is 0. The van der Waals surface area contributed by atoms with Gasteiger partial charge in [-0.05, 0) is 38.3 Å². The minimum Gasteiger partial charge on any atom is -0.396 e. The van der Waals surface area contributed by atoms with Gasteiger partial charge in [0.15, 0.2) is 0 Å². The van der Waals surface area contributed by atoms with Gasteiger partial charge in [-0.2, -0.15) is 0 Å². The number of amides is 2. The summed E-state index contributed by atoms with van der Waals surface area (Å²) in [5.74, 6) is 1.67. The molecule has 0 fully saturated rings. The molecule has 7 heteroatoms. The number of aliphatic hydroxyl groups excluding tert-OH is 1. The summed E-state index contributed by atoms with van der Waals surface area (Å²) in [6.45, 7) is 4.38. The van der Waals surface area contributed by atoms with Crippen molar-refractivity contribution in [1.82, 2.24) is 25.2 Å². The first-order valence-electron chi connectivity index (χ1n) is 7.70. The summed E-state index contributed by atoms with van der Waals surface area (Å²) in [5, 5.41) is 14.4. The third-order valence-electron chi connectivity index (χ3n) is 3.51. The topological polar surface area (TPSA) is 92.1 Å². The predicted molar refractivity (Wildman–Crippen MR) is 87.2 cm³/mol. The number of nitrogens with zero attached hydrogens (tertiary/aromatic N) is 3. The molecule has 0 aliphatic heterocycles. The molecule has 0 radical (unpaired) electrons. The van der Waals surface area contributed by atoms with E-state index in [2.05, 4.69) is 20.6 Å². The van der Waals surface area contributed by atoms with Gasteiger partial charge in [0.1, 0.15) is 11.6 Å². The lowest BCUT2D eigenvalue weighted by Gasteiger charge is -2.14. The van der Waals surface area contributed by atoms with Crippen molar-refractivity contribution < 1.29 is 9.90 Å². The van der Waals surface area contributed by atoms with Gasteiger partial charge in [-0.15, -0.1) is 0 Å². The van der Waals surface area contributed by atoms with Crippen LogP contribution >= 0.6 is 0 Å². The first-order chi connectivity index (χ1) is 11.1. The Kier molecular flexibility index (Phi) is 6.10. The molecule has 2 heterocycles. The average Bonchev–Trinajstić information content (AvgIpc) is 2.97. The number of hydrogen-bond donors (Lipinski definition) is 3. The number of aromatic nitrogens is 3. The molecule has 0 saturated heterocycles. The summed E-state index contributed by atoms with van der Waals surface area (Å²) in [6.07, 6.45) is 6.76. The van der Waals surface area contributed by atoms with Crippen LogP contribution in [0, 0.1) is 6.92 Å². The Hall–Kier alpha value is -2.41. The highest BCUT2D eigenvalue weighted by Crippen LogP contribution is 2.08. The maximum Gasteiger partial charge on any atom is 0.315 e. The highest BCUT2D eigenvalue weighted by Gasteiger charge is 2.07. The zero-order valence-electron chi connectivity index (χ0n) is 13.5. The third-order valence-corrected chi connectivity index (χ3v) is 3.51. The lowest BCUT2D eigenvalue weighted by Crippen LogP contribution is -2.40. The number of urea groups is 1. The van der Waals surface area contributed by atoms with Crippen molar-refractivity contribution in [3.63, 3.8) is 0 Å². The lowest BCUT2D eigenvalue weighted by atomic mass is 10.2. The predicted octanol–water partition coefficient (Wildman–Crippen LogP) is 1.54. The lowest BCUT2D eigenvalue weighted by molar-refractivity contribution is 0.234. The molecule has 23 heavy (non-hydrogen) atoms. The summed E-state index contributed by atoms with van der Waals surface area (Å²) in [4.78, 5) is 20.3. The van der Waals surface area contributed by atoms with Crippen LogP contribution in [0.3, 0.4) is 0 Å². The summed E-state index contributed by atoms with van der Waals surface area (Å²) in [6, 6.07) is 3.64. The van der Waals surface area contributed by atoms with E-state index in [1.54, 1.807) is 12.4 Å². The van der Waals surface area contributed by atoms with Crippen LogP contribution in [0.1, 0.15) is 31.2 Å². The van der Waals surface area contributed by atoms with E-state index in [0.717, 1.165) is 23.6 Å². The second-order valence-corrected chi connectivity index (χ2v) is 5.46. The van der Waals surface area contributed by atoms with Crippen molar-refractivity contribution in [3.05, 3.63) is 42.1 Å². The molecule has 2 amide bonds. The number of nitrogens with one attached hydrogen (secondary N) is 2. The molecule has 0 bridgehead atoms. The number of pyridine rings is 1. The normalized spacial score (nSPS) is 12.0. The van der Waals surface area contributed by atoms with E-state index in [0.29, 0.717) is 13.0 Å². The van der Waals surface area contributed by atoms with Crippen LogP contribution in [0.15, 0.2) is 30.7 Å². The monoisotopic (exact) mass is 317 g/mol. The van der Waals surface area contributed by atoms with Crippen LogP contribution in [0.4, 0.5) is 4.79 Å². The molecule has 3 N–H and O–H groups in total. The molecule has 2 aromatic heterocycles. The third kappa shape index (κ3) is 5.07. The van der Waals surface area contributed by atoms with Gasteiger partial charge in [0.25, 0.3) is 0 Å². The fourth-order valence-corrected chi connectivity index (χ4v) is 2.21. The average molecular weight is 317 g/mol. The van der Waals surface area contributed by atoms with Crippen molar-refractivity contribution in [1.29, 1.82) is 0 Å². The fourth-order valence-electron chi connectivity index (χ4n) is 2.21. The van der Waals surface area contributed by atoms with E-state index >= 15 is 0 Å². The van der Waals surface area contributed by atoms with Gasteiger partial charge in [0, 0.05) is 37.8 Å². The van der Waals surface area contributed by atoms with E-state index < -0.39 is 0 Å². The smallest absolute Gasteiger partial charge is 0.315 e. The molecule has 0 aliphatic rings. The molecular formula is C16H23N5O2. The Bertz CT molecular complexity index is 624. The van der Waals surface area contributed by atoms with Crippen molar-refractivity contribution in [2.24, 2.45) is 0 Å². The Balaban J connectivity index is 1.82. The maximum atomic E-state index is 11.8. The van der Waals surface area contributed by atoms with E-state index in [1.807, 2.05) is 36.7 Å². The highest BCUT2D eigenvalue weighted by atomic mass is 16.3. The number of hydrogen-bond acceptors (Lipinski definition) is 4. The molecule has 7 nitrogen and oxygen atoms in total. The second-order valence-electron chi connectivity index (χ2n) is 5.46. The van der Waals surface area contributed by atoms with Crippen LogP contribution in [0.2, 0.25) is 0 Å². The van der Waals surface area contributed by atoms with E-state index in [4.69, 9.17) is 5.11 Å². The maximum absolute atomic E-state index is 11.8. The van der Waals surface area contributed by atoms with Crippen LogP contribution < -0.4 is 10.6 Å². The molecule has 0 saturated carbocycles. The van der Waals surface area contributed by atoms with Crippen molar-refractivity contribution >= 4 is 6.03 Å². The van der Waals surface area contributed by atoms with Gasteiger partial charge in [-0.1, -0.05) is 6.07 Å². The molecule has 1 unspecified atom stereocenters. The summed E-state index contributed by atoms with van der Waals surface area (Å²) >= 11 is 0. The second kappa shape index (κ2) is 8.28. The minimum absolute atomic E-state index is 0.0341. The van der Waals surface area contributed by atoms with Gasteiger partial charge in [-0.3, -0.25) is 4.57 Å². The summed E-state index contributed by atoms with van der Waals surface area (Å²) < 4.78 is 1.90. The van der Waals surface area contributed by atoms with Crippen LogP contribution in [0.5, 0.6) is 0 Å². The Labute approximate surface area is 135 Å². The van der Waals surface area contributed by atoms with Crippen LogP contribution in [-0.2, 0) is 6.54 Å². The molecule has 0 spiro atoms. The number of carbonyl (C=O) groups is 1. The van der Waals surface area contributed by atoms with Gasteiger partial charge >= 0.3 is 6.03 Å². The van der Waals surface area contributed by atoms with Crippen LogP contribution in [0.25, 0.3) is 5.82 Å². The summed E-state index contributed by atoms with van der Waals surface area (Å²) in [5.41, 5.74) is 0.921. The van der Waals surface area contributed by atoms with Crippen LogP contribution in [-0.4, -0.2) is 38.3 Å². The van der Waals surface area contributed by atoms with Crippen molar-refractivity contribution in [2.45, 2.75) is 39.3 Å². The Morgan fingerprint density at radius 2 is 2.22 bits per heavy atom. The molecule has 2 rings (SSSR count). The number of imidazole rings is 1. The molecule has 2 aromatic rings. The highest BCUT2D eigenvalue weighted by molar-refractivity contribution is 5.74.